The van der Waals surface area contributed by atoms with E-state index in [1.165, 1.54) is 12.3 Å². The number of nitrogens with zero attached hydrogens (tertiary/aromatic N) is 3. The summed E-state index contributed by atoms with van der Waals surface area (Å²) < 4.78 is 40.8. The van der Waals surface area contributed by atoms with Crippen molar-refractivity contribution < 1.29 is 17.7 Å². The van der Waals surface area contributed by atoms with Gasteiger partial charge < -0.3 is 9.51 Å². The number of aryl methyl sites for hydroxylation is 1. The summed E-state index contributed by atoms with van der Waals surface area (Å²) >= 11 is 0. The molecule has 0 bridgehead atoms. The number of H-pyrrole nitrogens is 1. The molecule has 18 heavy (non-hydrogen) atoms. The van der Waals surface area contributed by atoms with Gasteiger partial charge in [-0.25, -0.2) is 0 Å². The van der Waals surface area contributed by atoms with Crippen LogP contribution in [-0.2, 0) is 6.42 Å². The Kier molecular flexibility index (Phi) is 3.06. The smallest absolute Gasteiger partial charge is 0.352 e. The number of hydrogen-bond donors (Lipinski definition) is 1. The summed E-state index contributed by atoms with van der Waals surface area (Å²) in [6.07, 6.45) is -4.10. The lowest BCUT2D eigenvalue weighted by Gasteiger charge is -2.01. The van der Waals surface area contributed by atoms with Crippen molar-refractivity contribution in [1.82, 2.24) is 15.1 Å². The van der Waals surface area contributed by atoms with Gasteiger partial charge in [-0.1, -0.05) is 5.16 Å². The molecule has 8 heteroatoms. The van der Waals surface area contributed by atoms with Gasteiger partial charge >= 0.3 is 6.18 Å². The van der Waals surface area contributed by atoms with Crippen molar-refractivity contribution >= 4 is 0 Å². The first kappa shape index (κ1) is 12.2. The van der Waals surface area contributed by atoms with Crippen molar-refractivity contribution in [3.05, 3.63) is 23.8 Å². The number of hydrogen-bond acceptors (Lipinski definition) is 4. The minimum atomic E-state index is -4.25. The first-order valence-electron chi connectivity index (χ1n) is 4.96. The molecule has 0 saturated heterocycles. The van der Waals surface area contributed by atoms with Gasteiger partial charge in [-0.3, -0.25) is 0 Å². The predicted molar refractivity (Wildman–Crippen MR) is 53.2 cm³/mol. The van der Waals surface area contributed by atoms with Crippen LogP contribution in [0.15, 0.2) is 16.8 Å². The maximum atomic E-state index is 12.0. The van der Waals surface area contributed by atoms with Gasteiger partial charge in [0.15, 0.2) is 5.82 Å². The Balaban J connectivity index is 2.09. The van der Waals surface area contributed by atoms with Crippen molar-refractivity contribution in [2.45, 2.75) is 19.0 Å². The molecule has 5 nitrogen and oxygen atoms in total. The molecule has 2 rings (SSSR count). The van der Waals surface area contributed by atoms with Crippen molar-refractivity contribution in [1.29, 1.82) is 5.26 Å². The van der Waals surface area contributed by atoms with E-state index in [2.05, 4.69) is 15.1 Å². The van der Waals surface area contributed by atoms with E-state index in [1.807, 2.05) is 6.07 Å². The Morgan fingerprint density at radius 3 is 2.83 bits per heavy atom. The average molecular weight is 256 g/mol. The molecule has 1 N–H and O–H groups in total. The highest BCUT2D eigenvalue weighted by Gasteiger charge is 2.27. The summed E-state index contributed by atoms with van der Waals surface area (Å²) in [5.41, 5.74) is 0.775. The zero-order valence-electron chi connectivity index (χ0n) is 8.95. The fourth-order valence-electron chi connectivity index (χ4n) is 1.31. The largest absolute Gasteiger partial charge is 0.389 e. The Morgan fingerprint density at radius 1 is 1.44 bits per heavy atom. The highest BCUT2D eigenvalue weighted by atomic mass is 19.4. The van der Waals surface area contributed by atoms with Gasteiger partial charge in [0.1, 0.15) is 11.8 Å². The predicted octanol–water partition coefficient (Wildman–Crippen LogP) is 2.43. The summed E-state index contributed by atoms with van der Waals surface area (Å²) in [6.45, 7) is 0. The molecule has 2 aromatic heterocycles. The molecule has 0 aliphatic heterocycles. The molecule has 94 valence electrons. The van der Waals surface area contributed by atoms with E-state index in [-0.39, 0.29) is 18.1 Å². The van der Waals surface area contributed by atoms with E-state index in [0.717, 1.165) is 0 Å². The van der Waals surface area contributed by atoms with Gasteiger partial charge in [0.25, 0.3) is 5.89 Å². The van der Waals surface area contributed by atoms with Crippen LogP contribution in [0.4, 0.5) is 13.2 Å². The topological polar surface area (TPSA) is 78.5 Å². The summed E-state index contributed by atoms with van der Waals surface area (Å²) in [7, 11) is 0. The zero-order valence-corrected chi connectivity index (χ0v) is 8.95. The van der Waals surface area contributed by atoms with E-state index in [4.69, 9.17) is 9.78 Å². The maximum absolute atomic E-state index is 12.0. The summed E-state index contributed by atoms with van der Waals surface area (Å²) in [5, 5.41) is 12.1. The second-order valence-corrected chi connectivity index (χ2v) is 3.54. The van der Waals surface area contributed by atoms with Crippen LogP contribution in [0, 0.1) is 11.3 Å². The van der Waals surface area contributed by atoms with Crippen molar-refractivity contribution in [2.24, 2.45) is 0 Å². The average Bonchev–Trinajstić information content (AvgIpc) is 2.94. The lowest BCUT2D eigenvalue weighted by molar-refractivity contribution is -0.134. The molecule has 0 aliphatic carbocycles. The molecule has 0 aliphatic rings. The molecular weight excluding hydrogens is 249 g/mol. The Labute approximate surface area is 99.2 Å². The van der Waals surface area contributed by atoms with E-state index in [9.17, 15) is 13.2 Å². The van der Waals surface area contributed by atoms with Crippen LogP contribution in [0.3, 0.4) is 0 Å². The molecule has 2 heterocycles. The van der Waals surface area contributed by atoms with E-state index >= 15 is 0 Å². The number of nitriles is 1. The molecule has 0 atom stereocenters. The molecule has 0 aromatic carbocycles. The standard InChI is InChI=1S/C10H7F3N4O/c11-10(12,13)2-1-8-16-9(18-17-8)6-3-7(4-14)15-5-6/h3,5,15H,1-2H2. The van der Waals surface area contributed by atoms with Gasteiger partial charge in [0.05, 0.1) is 12.0 Å². The monoisotopic (exact) mass is 256 g/mol. The van der Waals surface area contributed by atoms with Gasteiger partial charge in [0, 0.05) is 12.6 Å². The van der Waals surface area contributed by atoms with Crippen LogP contribution < -0.4 is 0 Å². The Hall–Kier alpha value is -2.30. The summed E-state index contributed by atoms with van der Waals surface area (Å²) in [6, 6.07) is 3.35. The number of alkyl halides is 3. The third kappa shape index (κ3) is 2.88. The van der Waals surface area contributed by atoms with Crippen LogP contribution in [0.2, 0.25) is 0 Å². The van der Waals surface area contributed by atoms with Crippen molar-refractivity contribution in [2.75, 3.05) is 0 Å². The molecule has 0 spiro atoms. The molecule has 0 radical (unpaired) electrons. The minimum Gasteiger partial charge on any atom is -0.352 e. The van der Waals surface area contributed by atoms with Gasteiger partial charge in [-0.15, -0.1) is 0 Å². The number of aromatic nitrogens is 3. The van der Waals surface area contributed by atoms with Gasteiger partial charge in [-0.2, -0.15) is 23.4 Å². The van der Waals surface area contributed by atoms with Crippen LogP contribution in [-0.4, -0.2) is 21.3 Å². The molecule has 0 unspecified atom stereocenters. The molecule has 0 amide bonds. The number of nitrogens with one attached hydrogen (secondary N) is 1. The number of aromatic amines is 1. The lowest BCUT2D eigenvalue weighted by atomic mass is 10.3. The van der Waals surface area contributed by atoms with Crippen LogP contribution in [0.1, 0.15) is 17.9 Å². The quantitative estimate of drug-likeness (QED) is 0.914. The van der Waals surface area contributed by atoms with E-state index < -0.39 is 12.6 Å². The van der Waals surface area contributed by atoms with Gasteiger partial charge in [0.2, 0.25) is 0 Å². The van der Waals surface area contributed by atoms with Crippen molar-refractivity contribution in [3.8, 4) is 17.5 Å². The molecular formula is C10H7F3N4O. The minimum absolute atomic E-state index is 0.0120. The van der Waals surface area contributed by atoms with Crippen molar-refractivity contribution in [3.63, 3.8) is 0 Å². The van der Waals surface area contributed by atoms with Crippen LogP contribution in [0.25, 0.3) is 11.5 Å². The SMILES string of the molecule is N#Cc1cc(-c2nc(CCC(F)(F)F)no2)c[nH]1. The highest BCUT2D eigenvalue weighted by Crippen LogP contribution is 2.23. The Bertz CT molecular complexity index is 578. The normalized spacial score (nSPS) is 11.4. The fraction of sp³-hybridized carbons (Fsp3) is 0.300. The third-order valence-corrected chi connectivity index (χ3v) is 2.15. The highest BCUT2D eigenvalue weighted by molar-refractivity contribution is 5.54. The van der Waals surface area contributed by atoms with E-state index in [0.29, 0.717) is 11.3 Å². The molecule has 0 fully saturated rings. The van der Waals surface area contributed by atoms with E-state index in [1.54, 1.807) is 0 Å². The second-order valence-electron chi connectivity index (χ2n) is 3.54. The number of halogens is 3. The first-order valence-corrected chi connectivity index (χ1v) is 4.96. The van der Waals surface area contributed by atoms with Crippen LogP contribution in [0.5, 0.6) is 0 Å². The molecule has 2 aromatic rings. The third-order valence-electron chi connectivity index (χ3n) is 2.15. The number of rotatable bonds is 3. The lowest BCUT2D eigenvalue weighted by Crippen LogP contribution is -2.09. The fourth-order valence-corrected chi connectivity index (χ4v) is 1.31. The van der Waals surface area contributed by atoms with Crippen LogP contribution >= 0.6 is 0 Å². The summed E-state index contributed by atoms with van der Waals surface area (Å²) in [5.74, 6) is 0.0759. The summed E-state index contributed by atoms with van der Waals surface area (Å²) in [4.78, 5) is 6.47. The Morgan fingerprint density at radius 2 is 2.22 bits per heavy atom. The first-order chi connectivity index (χ1) is 8.48. The zero-order chi connectivity index (χ0) is 13.2. The van der Waals surface area contributed by atoms with Gasteiger partial charge in [-0.05, 0) is 6.07 Å². The second kappa shape index (κ2) is 4.52. The molecule has 0 saturated carbocycles. The maximum Gasteiger partial charge on any atom is 0.389 e.